The van der Waals surface area contributed by atoms with Crippen LogP contribution >= 0.6 is 11.8 Å². The zero-order valence-corrected chi connectivity index (χ0v) is 19.8. The molecule has 172 valence electrons. The number of carbonyl (C=O) groups excluding carboxylic acids is 1. The number of aromatic nitrogens is 2. The second kappa shape index (κ2) is 10.7. The van der Waals surface area contributed by atoms with Crippen LogP contribution in [-0.4, -0.2) is 35.3 Å². The highest BCUT2D eigenvalue weighted by atomic mass is 32.2. The van der Waals surface area contributed by atoms with Gasteiger partial charge in [-0.05, 0) is 56.4 Å². The number of thioether (sulfide) groups is 1. The first kappa shape index (κ1) is 23.1. The molecule has 33 heavy (non-hydrogen) atoms. The summed E-state index contributed by atoms with van der Waals surface area (Å²) in [4.78, 5) is 31.0. The van der Waals surface area contributed by atoms with Gasteiger partial charge in [-0.15, -0.1) is 0 Å². The molecule has 0 radical (unpaired) electrons. The van der Waals surface area contributed by atoms with Gasteiger partial charge in [-0.3, -0.25) is 14.2 Å². The number of rotatable bonds is 9. The molecule has 0 N–H and O–H groups in total. The quantitative estimate of drug-likeness (QED) is 0.186. The summed E-state index contributed by atoms with van der Waals surface area (Å²) in [6, 6.07) is 12.5. The van der Waals surface area contributed by atoms with Crippen molar-refractivity contribution in [3.63, 3.8) is 0 Å². The Morgan fingerprint density at radius 3 is 2.73 bits per heavy atom. The minimum absolute atomic E-state index is 0.0611. The third kappa shape index (κ3) is 5.30. The maximum atomic E-state index is 13.3. The highest BCUT2D eigenvalue weighted by Gasteiger charge is 2.17. The molecule has 7 heteroatoms. The van der Waals surface area contributed by atoms with Crippen molar-refractivity contribution in [3.05, 3.63) is 70.0 Å². The molecule has 2 aromatic carbocycles. The molecule has 6 nitrogen and oxygen atoms in total. The average Bonchev–Trinajstić information content (AvgIpc) is 2.87. The molecule has 0 spiro atoms. The van der Waals surface area contributed by atoms with Crippen LogP contribution in [0.15, 0.2) is 64.1 Å². The van der Waals surface area contributed by atoms with Crippen LogP contribution in [0, 0.1) is 0 Å². The second-order valence-electron chi connectivity index (χ2n) is 8.00. The number of Topliss-reactive ketones (excluding diaryl/α,β-unsaturated/α-hetero) is 1. The number of hydrogen-bond donors (Lipinski definition) is 0. The van der Waals surface area contributed by atoms with Crippen LogP contribution in [0.1, 0.15) is 42.5 Å². The van der Waals surface area contributed by atoms with Gasteiger partial charge < -0.3 is 9.47 Å². The van der Waals surface area contributed by atoms with Crippen molar-refractivity contribution in [2.45, 2.75) is 43.8 Å². The SMILES string of the molecule is COc1ccc(C(=O)CSc2nc3ccccc3c(=O)n2CCC2=CCCCC2)c(OC)c1. The first-order valence-corrected chi connectivity index (χ1v) is 12.1. The molecule has 0 amide bonds. The van der Waals surface area contributed by atoms with Gasteiger partial charge in [0, 0.05) is 12.6 Å². The molecule has 0 bridgehead atoms. The van der Waals surface area contributed by atoms with Crippen LogP contribution < -0.4 is 15.0 Å². The van der Waals surface area contributed by atoms with Gasteiger partial charge >= 0.3 is 0 Å². The number of methoxy groups -OCH3 is 2. The summed E-state index contributed by atoms with van der Waals surface area (Å²) in [7, 11) is 3.10. The number of benzene rings is 2. The molecular formula is C26H28N2O4S. The third-order valence-corrected chi connectivity index (χ3v) is 6.89. The molecule has 1 heterocycles. The van der Waals surface area contributed by atoms with Crippen LogP contribution in [-0.2, 0) is 6.54 Å². The van der Waals surface area contributed by atoms with Crippen molar-refractivity contribution in [3.8, 4) is 11.5 Å². The summed E-state index contributed by atoms with van der Waals surface area (Å²) in [6.45, 7) is 0.560. The van der Waals surface area contributed by atoms with Crippen molar-refractivity contribution in [1.29, 1.82) is 0 Å². The Labute approximate surface area is 197 Å². The second-order valence-corrected chi connectivity index (χ2v) is 8.95. The number of ketones is 1. The van der Waals surface area contributed by atoms with Crippen LogP contribution in [0.2, 0.25) is 0 Å². The number of nitrogens with zero attached hydrogens (tertiary/aromatic N) is 2. The molecule has 0 fully saturated rings. The summed E-state index contributed by atoms with van der Waals surface area (Å²) in [6.07, 6.45) is 7.77. The fourth-order valence-electron chi connectivity index (χ4n) is 4.08. The molecule has 0 saturated heterocycles. The lowest BCUT2D eigenvalue weighted by atomic mass is 9.97. The van der Waals surface area contributed by atoms with Crippen LogP contribution in [0.4, 0.5) is 0 Å². The minimum Gasteiger partial charge on any atom is -0.497 e. The van der Waals surface area contributed by atoms with E-state index >= 15 is 0 Å². The molecule has 4 rings (SSSR count). The first-order chi connectivity index (χ1) is 16.1. The van der Waals surface area contributed by atoms with Gasteiger partial charge in [0.25, 0.3) is 5.56 Å². The smallest absolute Gasteiger partial charge is 0.262 e. The molecule has 0 aliphatic heterocycles. The molecule has 1 aromatic heterocycles. The minimum atomic E-state index is -0.0940. The van der Waals surface area contributed by atoms with E-state index in [1.807, 2.05) is 24.3 Å². The van der Waals surface area contributed by atoms with Crippen LogP contribution in [0.25, 0.3) is 10.9 Å². The van der Waals surface area contributed by atoms with E-state index in [9.17, 15) is 9.59 Å². The van der Waals surface area contributed by atoms with Gasteiger partial charge in [0.05, 0.1) is 36.4 Å². The maximum Gasteiger partial charge on any atom is 0.262 e. The Bertz CT molecular complexity index is 1250. The van der Waals surface area contributed by atoms with E-state index in [2.05, 4.69) is 6.08 Å². The standard InChI is InChI=1S/C26H28N2O4S/c1-31-19-12-13-21(24(16-19)32-2)23(29)17-33-26-27-22-11-7-6-10-20(22)25(30)28(26)15-14-18-8-4-3-5-9-18/h6-8,10-13,16H,3-5,9,14-15,17H2,1-2H3. The van der Waals surface area contributed by atoms with E-state index in [1.165, 1.54) is 37.3 Å². The van der Waals surface area contributed by atoms with E-state index in [1.54, 1.807) is 29.9 Å². The normalized spacial score (nSPS) is 13.6. The summed E-state index contributed by atoms with van der Waals surface area (Å²) in [5.41, 5.74) is 2.46. The monoisotopic (exact) mass is 464 g/mol. The predicted octanol–water partition coefficient (Wildman–Crippen LogP) is 5.28. The Hall–Kier alpha value is -3.06. The van der Waals surface area contributed by atoms with Gasteiger partial charge in [-0.2, -0.15) is 0 Å². The van der Waals surface area contributed by atoms with Gasteiger partial charge in [-0.1, -0.05) is 35.5 Å². The largest absolute Gasteiger partial charge is 0.497 e. The molecule has 1 aliphatic carbocycles. The van der Waals surface area contributed by atoms with Gasteiger partial charge in [0.2, 0.25) is 0 Å². The predicted molar refractivity (Wildman–Crippen MR) is 132 cm³/mol. The Balaban J connectivity index is 1.60. The van der Waals surface area contributed by atoms with E-state index in [0.29, 0.717) is 39.7 Å². The van der Waals surface area contributed by atoms with E-state index < -0.39 is 0 Å². The fraction of sp³-hybridized carbons (Fsp3) is 0.346. The fourth-order valence-corrected chi connectivity index (χ4v) is 4.99. The Morgan fingerprint density at radius 1 is 1.12 bits per heavy atom. The molecular weight excluding hydrogens is 436 g/mol. The Kier molecular flexibility index (Phi) is 7.50. The van der Waals surface area contributed by atoms with Gasteiger partial charge in [0.1, 0.15) is 11.5 Å². The summed E-state index contributed by atoms with van der Waals surface area (Å²) < 4.78 is 12.3. The maximum absolute atomic E-state index is 13.3. The van der Waals surface area contributed by atoms with E-state index in [0.717, 1.165) is 19.3 Å². The highest BCUT2D eigenvalue weighted by molar-refractivity contribution is 7.99. The number of carbonyl (C=O) groups is 1. The van der Waals surface area contributed by atoms with Gasteiger partial charge in [-0.25, -0.2) is 4.98 Å². The third-order valence-electron chi connectivity index (χ3n) is 5.91. The highest BCUT2D eigenvalue weighted by Crippen LogP contribution is 2.28. The van der Waals surface area contributed by atoms with Crippen LogP contribution in [0.5, 0.6) is 11.5 Å². The first-order valence-electron chi connectivity index (χ1n) is 11.2. The zero-order valence-electron chi connectivity index (χ0n) is 19.0. The van der Waals surface area contributed by atoms with Crippen molar-refractivity contribution >= 4 is 28.4 Å². The van der Waals surface area contributed by atoms with E-state index in [-0.39, 0.29) is 17.1 Å². The molecule has 1 aliphatic rings. The Morgan fingerprint density at radius 2 is 1.97 bits per heavy atom. The van der Waals surface area contributed by atoms with Crippen molar-refractivity contribution in [1.82, 2.24) is 9.55 Å². The van der Waals surface area contributed by atoms with E-state index in [4.69, 9.17) is 14.5 Å². The molecule has 0 unspecified atom stereocenters. The molecule has 3 aromatic rings. The topological polar surface area (TPSA) is 70.4 Å². The van der Waals surface area contributed by atoms with Crippen molar-refractivity contribution < 1.29 is 14.3 Å². The molecule has 0 saturated carbocycles. The number of allylic oxidation sites excluding steroid dienone is 2. The van der Waals surface area contributed by atoms with Crippen LogP contribution in [0.3, 0.4) is 0 Å². The van der Waals surface area contributed by atoms with Crippen molar-refractivity contribution in [2.75, 3.05) is 20.0 Å². The lowest BCUT2D eigenvalue weighted by molar-refractivity contribution is 0.101. The zero-order chi connectivity index (χ0) is 23.2. The van der Waals surface area contributed by atoms with Crippen molar-refractivity contribution in [2.24, 2.45) is 0 Å². The summed E-state index contributed by atoms with van der Waals surface area (Å²) >= 11 is 1.29. The number of ether oxygens (including phenoxy) is 2. The number of fused-ring (bicyclic) bond motifs is 1. The number of para-hydroxylation sites is 1. The average molecular weight is 465 g/mol. The lowest BCUT2D eigenvalue weighted by Gasteiger charge is -2.16. The summed E-state index contributed by atoms with van der Waals surface area (Å²) in [5, 5.41) is 1.17. The molecule has 0 atom stereocenters. The lowest BCUT2D eigenvalue weighted by Crippen LogP contribution is -2.24. The van der Waals surface area contributed by atoms with Gasteiger partial charge in [0.15, 0.2) is 10.9 Å². The summed E-state index contributed by atoms with van der Waals surface area (Å²) in [5.74, 6) is 1.14. The number of hydrogen-bond acceptors (Lipinski definition) is 6.